The third kappa shape index (κ3) is 5.49. The Bertz CT molecular complexity index is 1280. The van der Waals surface area contributed by atoms with Crippen LogP contribution < -0.4 is 15.7 Å². The zero-order valence-electron chi connectivity index (χ0n) is 18.8. The van der Waals surface area contributed by atoms with Gasteiger partial charge in [-0.3, -0.25) is 4.79 Å². The fourth-order valence-electron chi connectivity index (χ4n) is 4.06. The number of rotatable bonds is 9. The number of nitrogens with zero attached hydrogens (tertiary/aromatic N) is 1. The predicted octanol–water partition coefficient (Wildman–Crippen LogP) is 3.74. The molecule has 0 fully saturated rings. The van der Waals surface area contributed by atoms with Gasteiger partial charge in [0.15, 0.2) is 0 Å². The summed E-state index contributed by atoms with van der Waals surface area (Å²) in [4.78, 5) is 32.6. The van der Waals surface area contributed by atoms with E-state index in [1.807, 2.05) is 49.4 Å². The molecule has 170 valence electrons. The standard InChI is InChI=1S/C26H27N3O4/c1-17-22-9-8-21(32-2)14-24(22)33-26(31)23(17)10-11-25(30)29-19(13-20-15-27-16-28-20)12-18-6-4-3-5-7-18/h3-9,14-16,19H,10-13H2,1-2H3,(H,27,28)(H,29,30). The minimum Gasteiger partial charge on any atom is -0.497 e. The van der Waals surface area contributed by atoms with Gasteiger partial charge in [-0.2, -0.15) is 0 Å². The number of carbonyl (C=O) groups is 1. The molecule has 0 aliphatic carbocycles. The molecule has 7 heteroatoms. The average Bonchev–Trinajstić information content (AvgIpc) is 3.32. The molecule has 4 rings (SSSR count). The molecule has 0 saturated carbocycles. The molecule has 1 amide bonds. The number of carbonyl (C=O) groups excluding carboxylic acids is 1. The van der Waals surface area contributed by atoms with Gasteiger partial charge in [0.25, 0.3) is 0 Å². The fourth-order valence-corrected chi connectivity index (χ4v) is 4.06. The lowest BCUT2D eigenvalue weighted by atomic mass is 10.0. The first-order valence-corrected chi connectivity index (χ1v) is 10.9. The number of aromatic nitrogens is 2. The third-order valence-corrected chi connectivity index (χ3v) is 5.81. The smallest absolute Gasteiger partial charge is 0.339 e. The van der Waals surface area contributed by atoms with Crippen molar-refractivity contribution in [2.45, 2.75) is 38.6 Å². The molecule has 0 radical (unpaired) electrons. The molecule has 1 unspecified atom stereocenters. The van der Waals surface area contributed by atoms with Crippen molar-refractivity contribution in [1.82, 2.24) is 15.3 Å². The van der Waals surface area contributed by atoms with Crippen molar-refractivity contribution in [3.05, 3.63) is 93.9 Å². The first-order valence-electron chi connectivity index (χ1n) is 10.9. The van der Waals surface area contributed by atoms with Crippen molar-refractivity contribution in [3.63, 3.8) is 0 Å². The van der Waals surface area contributed by atoms with E-state index in [-0.39, 0.29) is 18.4 Å². The molecule has 0 bridgehead atoms. The van der Waals surface area contributed by atoms with Gasteiger partial charge in [0.1, 0.15) is 11.3 Å². The lowest BCUT2D eigenvalue weighted by molar-refractivity contribution is -0.121. The predicted molar refractivity (Wildman–Crippen MR) is 126 cm³/mol. The van der Waals surface area contributed by atoms with Crippen LogP contribution in [0, 0.1) is 6.92 Å². The van der Waals surface area contributed by atoms with E-state index in [2.05, 4.69) is 15.3 Å². The van der Waals surface area contributed by atoms with Crippen LogP contribution in [-0.2, 0) is 24.1 Å². The molecule has 4 aromatic rings. The van der Waals surface area contributed by atoms with Gasteiger partial charge in [0, 0.05) is 47.8 Å². The molecular formula is C26H27N3O4. The van der Waals surface area contributed by atoms with E-state index < -0.39 is 5.63 Å². The highest BCUT2D eigenvalue weighted by Crippen LogP contribution is 2.24. The lowest BCUT2D eigenvalue weighted by Crippen LogP contribution is -2.38. The highest BCUT2D eigenvalue weighted by atomic mass is 16.5. The van der Waals surface area contributed by atoms with E-state index in [9.17, 15) is 9.59 Å². The summed E-state index contributed by atoms with van der Waals surface area (Å²) < 4.78 is 10.7. The number of benzene rings is 2. The summed E-state index contributed by atoms with van der Waals surface area (Å²) in [5.41, 5.74) is 3.51. The van der Waals surface area contributed by atoms with Crippen LogP contribution in [-0.4, -0.2) is 29.0 Å². The minimum atomic E-state index is -0.417. The van der Waals surface area contributed by atoms with Gasteiger partial charge < -0.3 is 19.5 Å². The average molecular weight is 446 g/mol. The highest BCUT2D eigenvalue weighted by molar-refractivity contribution is 5.82. The second kappa shape index (κ2) is 10.2. The Balaban J connectivity index is 1.46. The van der Waals surface area contributed by atoms with Crippen LogP contribution in [0.5, 0.6) is 5.75 Å². The number of fused-ring (bicyclic) bond motifs is 1. The van der Waals surface area contributed by atoms with Gasteiger partial charge in [-0.15, -0.1) is 0 Å². The van der Waals surface area contributed by atoms with Gasteiger partial charge in [-0.25, -0.2) is 9.78 Å². The number of amides is 1. The Kier molecular flexibility index (Phi) is 6.88. The summed E-state index contributed by atoms with van der Waals surface area (Å²) in [7, 11) is 1.57. The minimum absolute atomic E-state index is 0.0954. The third-order valence-electron chi connectivity index (χ3n) is 5.81. The Morgan fingerprint density at radius 3 is 2.73 bits per heavy atom. The molecular weight excluding hydrogens is 418 g/mol. The topological polar surface area (TPSA) is 97.2 Å². The normalized spacial score (nSPS) is 11.9. The van der Waals surface area contributed by atoms with Crippen molar-refractivity contribution in [2.24, 2.45) is 0 Å². The zero-order valence-corrected chi connectivity index (χ0v) is 18.8. The van der Waals surface area contributed by atoms with Crippen molar-refractivity contribution < 1.29 is 13.9 Å². The quantitative estimate of drug-likeness (QED) is 0.383. The zero-order chi connectivity index (χ0) is 23.2. The fraction of sp³-hybridized carbons (Fsp3) is 0.269. The van der Waals surface area contributed by atoms with E-state index in [0.29, 0.717) is 36.2 Å². The number of ether oxygens (including phenoxy) is 1. The van der Waals surface area contributed by atoms with Crippen LogP contribution in [0.2, 0.25) is 0 Å². The molecule has 1 atom stereocenters. The van der Waals surface area contributed by atoms with E-state index in [1.54, 1.807) is 25.7 Å². The Hall–Kier alpha value is -3.87. The Labute approximate surface area is 191 Å². The van der Waals surface area contributed by atoms with Gasteiger partial charge >= 0.3 is 5.63 Å². The summed E-state index contributed by atoms with van der Waals surface area (Å²) in [6, 6.07) is 15.3. The summed E-state index contributed by atoms with van der Waals surface area (Å²) >= 11 is 0. The van der Waals surface area contributed by atoms with Crippen molar-refractivity contribution in [2.75, 3.05) is 7.11 Å². The van der Waals surface area contributed by atoms with E-state index >= 15 is 0 Å². The molecule has 2 aromatic heterocycles. The van der Waals surface area contributed by atoms with E-state index in [4.69, 9.17) is 9.15 Å². The Morgan fingerprint density at radius 2 is 2.00 bits per heavy atom. The van der Waals surface area contributed by atoms with Crippen molar-refractivity contribution >= 4 is 16.9 Å². The highest BCUT2D eigenvalue weighted by Gasteiger charge is 2.17. The van der Waals surface area contributed by atoms with Crippen LogP contribution >= 0.6 is 0 Å². The number of aryl methyl sites for hydroxylation is 1. The molecule has 7 nitrogen and oxygen atoms in total. The number of hydrogen-bond donors (Lipinski definition) is 2. The molecule has 33 heavy (non-hydrogen) atoms. The Morgan fingerprint density at radius 1 is 1.18 bits per heavy atom. The maximum atomic E-state index is 12.8. The number of imidazole rings is 1. The maximum Gasteiger partial charge on any atom is 0.339 e. The first-order chi connectivity index (χ1) is 16.0. The second-order valence-corrected chi connectivity index (χ2v) is 8.09. The summed E-state index contributed by atoms with van der Waals surface area (Å²) in [5, 5.41) is 3.97. The van der Waals surface area contributed by atoms with E-state index in [0.717, 1.165) is 22.2 Å². The van der Waals surface area contributed by atoms with Gasteiger partial charge in [-0.1, -0.05) is 30.3 Å². The number of aromatic amines is 1. The van der Waals surface area contributed by atoms with Crippen molar-refractivity contribution in [1.29, 1.82) is 0 Å². The van der Waals surface area contributed by atoms with Gasteiger partial charge in [0.2, 0.25) is 5.91 Å². The molecule has 0 aliphatic heterocycles. The first kappa shape index (κ1) is 22.3. The number of hydrogen-bond acceptors (Lipinski definition) is 5. The molecule has 2 N–H and O–H groups in total. The SMILES string of the molecule is COc1ccc2c(C)c(CCC(=O)NC(Cc3ccccc3)Cc3cnc[nH]3)c(=O)oc2c1. The number of H-pyrrole nitrogens is 1. The van der Waals surface area contributed by atoms with Crippen LogP contribution in [0.3, 0.4) is 0 Å². The number of methoxy groups -OCH3 is 1. The molecule has 2 heterocycles. The van der Waals surface area contributed by atoms with Crippen LogP contribution in [0.25, 0.3) is 11.0 Å². The summed E-state index contributed by atoms with van der Waals surface area (Å²) in [6.07, 6.45) is 5.24. The maximum absolute atomic E-state index is 12.8. The van der Waals surface area contributed by atoms with Crippen LogP contribution in [0.4, 0.5) is 0 Å². The van der Waals surface area contributed by atoms with Crippen LogP contribution in [0.15, 0.2) is 70.3 Å². The summed E-state index contributed by atoms with van der Waals surface area (Å²) in [6.45, 7) is 1.88. The lowest BCUT2D eigenvalue weighted by Gasteiger charge is -2.18. The van der Waals surface area contributed by atoms with Gasteiger partial charge in [-0.05, 0) is 43.0 Å². The van der Waals surface area contributed by atoms with Crippen molar-refractivity contribution in [3.8, 4) is 5.75 Å². The second-order valence-electron chi connectivity index (χ2n) is 8.09. The van der Waals surface area contributed by atoms with Crippen LogP contribution in [0.1, 0.15) is 28.8 Å². The monoisotopic (exact) mass is 445 g/mol. The molecule has 0 aliphatic rings. The number of nitrogens with one attached hydrogen (secondary N) is 2. The molecule has 0 spiro atoms. The molecule has 0 saturated heterocycles. The molecule has 2 aromatic carbocycles. The van der Waals surface area contributed by atoms with E-state index in [1.165, 1.54) is 0 Å². The largest absolute Gasteiger partial charge is 0.497 e. The van der Waals surface area contributed by atoms with Gasteiger partial charge in [0.05, 0.1) is 13.4 Å². The summed E-state index contributed by atoms with van der Waals surface area (Å²) in [5.74, 6) is 0.517.